The lowest BCUT2D eigenvalue weighted by Crippen LogP contribution is -2.31. The number of sulfonamides is 1. The highest BCUT2D eigenvalue weighted by atomic mass is 32.2. The second kappa shape index (κ2) is 5.26. The molecule has 2 N–H and O–H groups in total. The molecule has 0 saturated heterocycles. The average molecular weight is 298 g/mol. The maximum Gasteiger partial charge on any atom is 0.269 e. The number of amides is 1. The minimum absolute atomic E-state index is 0.0920. The van der Waals surface area contributed by atoms with Gasteiger partial charge in [0.05, 0.1) is 10.6 Å². The van der Waals surface area contributed by atoms with Crippen LogP contribution >= 0.6 is 12.2 Å². The summed E-state index contributed by atoms with van der Waals surface area (Å²) in [7, 11) is -3.68. The maximum atomic E-state index is 12.2. The van der Waals surface area contributed by atoms with Crippen LogP contribution in [0, 0.1) is 0 Å². The lowest BCUT2D eigenvalue weighted by Gasteiger charge is -2.14. The highest BCUT2D eigenvalue weighted by molar-refractivity contribution is 7.90. The number of carbonyl (C=O) groups is 1. The van der Waals surface area contributed by atoms with Crippen molar-refractivity contribution in [1.29, 1.82) is 0 Å². The summed E-state index contributed by atoms with van der Waals surface area (Å²) < 4.78 is 25.3. The second-order valence-corrected chi connectivity index (χ2v) is 6.66. The Hall–Kier alpha value is -1.47. The molecule has 1 aliphatic rings. The van der Waals surface area contributed by atoms with Crippen molar-refractivity contribution in [3.8, 4) is 0 Å². The van der Waals surface area contributed by atoms with Crippen LogP contribution in [0.5, 0.6) is 0 Å². The van der Waals surface area contributed by atoms with Gasteiger partial charge in [-0.25, -0.2) is 12.7 Å². The predicted octanol–water partition coefficient (Wildman–Crippen LogP) is 1.29. The summed E-state index contributed by atoms with van der Waals surface area (Å²) in [5.41, 5.74) is 5.62. The van der Waals surface area contributed by atoms with E-state index in [0.29, 0.717) is 24.3 Å². The van der Waals surface area contributed by atoms with Gasteiger partial charge in [0.25, 0.3) is 15.9 Å². The van der Waals surface area contributed by atoms with E-state index in [1.165, 1.54) is 12.1 Å². The summed E-state index contributed by atoms with van der Waals surface area (Å²) in [4.78, 5) is 12.5. The minimum atomic E-state index is -3.68. The minimum Gasteiger partial charge on any atom is -0.393 e. The van der Waals surface area contributed by atoms with Crippen molar-refractivity contribution in [2.24, 2.45) is 5.73 Å². The summed E-state index contributed by atoms with van der Waals surface area (Å²) in [6, 6.07) is 6.25. The van der Waals surface area contributed by atoms with Crippen LogP contribution in [-0.4, -0.2) is 30.2 Å². The predicted molar refractivity (Wildman–Crippen MR) is 75.3 cm³/mol. The van der Waals surface area contributed by atoms with Crippen LogP contribution < -0.4 is 5.73 Å². The van der Waals surface area contributed by atoms with Crippen LogP contribution in [0.4, 0.5) is 0 Å². The molecule has 102 valence electrons. The van der Waals surface area contributed by atoms with E-state index < -0.39 is 15.9 Å². The molecule has 0 bridgehead atoms. The molecular formula is C12H14N2O3S2. The number of benzene rings is 1. The number of hydrogen-bond donors (Lipinski definition) is 1. The zero-order chi connectivity index (χ0) is 14.0. The van der Waals surface area contributed by atoms with E-state index in [1.54, 1.807) is 12.1 Å². The van der Waals surface area contributed by atoms with Gasteiger partial charge in [-0.15, -0.1) is 0 Å². The molecule has 1 aromatic carbocycles. The van der Waals surface area contributed by atoms with Crippen LogP contribution in [0.25, 0.3) is 0 Å². The van der Waals surface area contributed by atoms with E-state index in [0.717, 1.165) is 4.31 Å². The van der Waals surface area contributed by atoms with Gasteiger partial charge in [0.2, 0.25) is 0 Å². The van der Waals surface area contributed by atoms with Crippen LogP contribution in [0.1, 0.15) is 29.6 Å². The summed E-state index contributed by atoms with van der Waals surface area (Å²) in [5, 5.41) is 0. The molecule has 0 radical (unpaired) electrons. The van der Waals surface area contributed by atoms with Gasteiger partial charge in [-0.05, 0) is 31.4 Å². The van der Waals surface area contributed by atoms with Crippen molar-refractivity contribution in [2.75, 3.05) is 6.54 Å². The smallest absolute Gasteiger partial charge is 0.269 e. The molecule has 0 atom stereocenters. The standard InChI is InChI=1S/C12H14N2O3S2/c13-11(18)7-3-4-8-14-12(15)9-5-1-2-6-10(9)19(14,16)17/h1-2,5-6H,3-4,7-8H2,(H2,13,18). The Labute approximate surface area is 117 Å². The number of hydrogen-bond acceptors (Lipinski definition) is 4. The number of nitrogens with two attached hydrogens (primary N) is 1. The van der Waals surface area contributed by atoms with Gasteiger partial charge in [0.1, 0.15) is 4.90 Å². The van der Waals surface area contributed by atoms with Gasteiger partial charge >= 0.3 is 0 Å². The molecule has 0 saturated carbocycles. The van der Waals surface area contributed by atoms with Crippen molar-refractivity contribution < 1.29 is 13.2 Å². The third-order valence-electron chi connectivity index (χ3n) is 2.95. The summed E-state index contributed by atoms with van der Waals surface area (Å²) in [5.74, 6) is -0.453. The van der Waals surface area contributed by atoms with E-state index in [1.807, 2.05) is 0 Å². The normalized spacial score (nSPS) is 16.4. The first kappa shape index (κ1) is 14.0. The van der Waals surface area contributed by atoms with Crippen LogP contribution in [-0.2, 0) is 10.0 Å². The van der Waals surface area contributed by atoms with Gasteiger partial charge in [-0.1, -0.05) is 24.4 Å². The first-order chi connectivity index (χ1) is 8.94. The number of thiocarbonyl (C=S) groups is 1. The fraction of sp³-hybridized carbons (Fsp3) is 0.333. The molecule has 19 heavy (non-hydrogen) atoms. The molecule has 1 aromatic rings. The van der Waals surface area contributed by atoms with Gasteiger partial charge in [-0.2, -0.15) is 0 Å². The van der Waals surface area contributed by atoms with Crippen molar-refractivity contribution >= 4 is 33.1 Å². The fourth-order valence-corrected chi connectivity index (χ4v) is 3.76. The highest BCUT2D eigenvalue weighted by Gasteiger charge is 2.40. The van der Waals surface area contributed by atoms with E-state index in [2.05, 4.69) is 0 Å². The monoisotopic (exact) mass is 298 g/mol. The highest BCUT2D eigenvalue weighted by Crippen LogP contribution is 2.29. The maximum absolute atomic E-state index is 12.2. The van der Waals surface area contributed by atoms with Crippen molar-refractivity contribution in [3.63, 3.8) is 0 Å². The SMILES string of the molecule is NC(=S)CCCCN1C(=O)c2ccccc2S1(=O)=O. The van der Waals surface area contributed by atoms with Crippen LogP contribution in [0.15, 0.2) is 29.2 Å². The Morgan fingerprint density at radius 1 is 1.26 bits per heavy atom. The van der Waals surface area contributed by atoms with Crippen LogP contribution in [0.2, 0.25) is 0 Å². The molecule has 1 amide bonds. The summed E-state index contributed by atoms with van der Waals surface area (Å²) in [6.45, 7) is 0.165. The Morgan fingerprint density at radius 3 is 2.58 bits per heavy atom. The van der Waals surface area contributed by atoms with Crippen molar-refractivity contribution in [3.05, 3.63) is 29.8 Å². The van der Waals surface area contributed by atoms with Gasteiger partial charge in [-0.3, -0.25) is 4.79 Å². The molecule has 1 heterocycles. The number of unbranched alkanes of at least 4 members (excludes halogenated alkanes) is 1. The molecule has 0 fully saturated rings. The van der Waals surface area contributed by atoms with Crippen LogP contribution in [0.3, 0.4) is 0 Å². The average Bonchev–Trinajstić information content (AvgIpc) is 2.55. The molecular weight excluding hydrogens is 284 g/mol. The molecule has 0 aromatic heterocycles. The number of nitrogens with zero attached hydrogens (tertiary/aromatic N) is 1. The van der Waals surface area contributed by atoms with Crippen molar-refractivity contribution in [1.82, 2.24) is 4.31 Å². The Kier molecular flexibility index (Phi) is 3.86. The van der Waals surface area contributed by atoms with E-state index in [9.17, 15) is 13.2 Å². The van der Waals surface area contributed by atoms with E-state index in [4.69, 9.17) is 18.0 Å². The molecule has 5 nitrogen and oxygen atoms in total. The number of carbonyl (C=O) groups excluding carboxylic acids is 1. The number of fused-ring (bicyclic) bond motifs is 1. The van der Waals surface area contributed by atoms with E-state index >= 15 is 0 Å². The molecule has 0 aliphatic carbocycles. The largest absolute Gasteiger partial charge is 0.393 e. The van der Waals surface area contributed by atoms with Gasteiger partial charge in [0.15, 0.2) is 0 Å². The molecule has 0 spiro atoms. The first-order valence-corrected chi connectivity index (χ1v) is 7.74. The van der Waals surface area contributed by atoms with Gasteiger partial charge < -0.3 is 5.73 Å². The Balaban J connectivity index is 2.12. The first-order valence-electron chi connectivity index (χ1n) is 5.89. The summed E-state index contributed by atoms with van der Waals surface area (Å²) in [6.07, 6.45) is 1.78. The topological polar surface area (TPSA) is 80.5 Å². The lowest BCUT2D eigenvalue weighted by atomic mass is 10.2. The second-order valence-electron chi connectivity index (χ2n) is 4.30. The third-order valence-corrected chi connectivity index (χ3v) is 4.99. The molecule has 7 heteroatoms. The van der Waals surface area contributed by atoms with Gasteiger partial charge in [0, 0.05) is 6.54 Å². The lowest BCUT2D eigenvalue weighted by molar-refractivity contribution is 0.0870. The molecule has 1 aliphatic heterocycles. The summed E-state index contributed by atoms with van der Waals surface area (Å²) >= 11 is 4.75. The van der Waals surface area contributed by atoms with E-state index in [-0.39, 0.29) is 17.0 Å². The zero-order valence-electron chi connectivity index (χ0n) is 10.2. The fourth-order valence-electron chi connectivity index (χ4n) is 2.01. The number of rotatable bonds is 5. The van der Waals surface area contributed by atoms with Crippen molar-refractivity contribution in [2.45, 2.75) is 24.2 Å². The molecule has 2 rings (SSSR count). The molecule has 0 unspecified atom stereocenters. The zero-order valence-corrected chi connectivity index (χ0v) is 11.8. The Morgan fingerprint density at radius 2 is 1.95 bits per heavy atom. The quantitative estimate of drug-likeness (QED) is 0.654. The Bertz CT molecular complexity index is 626. The third kappa shape index (κ3) is 2.62.